The number of alkyl halides is 3. The largest absolute Gasteiger partial charge is 0.573 e. The van der Waals surface area contributed by atoms with Crippen molar-refractivity contribution in [2.45, 2.75) is 12.8 Å². The Labute approximate surface area is 114 Å². The Balaban J connectivity index is 2.13. The van der Waals surface area contributed by atoms with Crippen LogP contribution >= 0.6 is 0 Å². The lowest BCUT2D eigenvalue weighted by Gasteiger charge is -2.09. The molecule has 0 fully saturated rings. The molecule has 0 aromatic heterocycles. The predicted octanol–water partition coefficient (Wildman–Crippen LogP) is 4.05. The van der Waals surface area contributed by atoms with Gasteiger partial charge in [0.15, 0.2) is 0 Å². The molecule has 0 atom stereocenters. The zero-order chi connectivity index (χ0) is 14.6. The highest BCUT2D eigenvalue weighted by atomic mass is 19.4. The van der Waals surface area contributed by atoms with Crippen molar-refractivity contribution >= 4 is 0 Å². The van der Waals surface area contributed by atoms with Crippen LogP contribution in [0, 0.1) is 11.3 Å². The third-order valence-electron chi connectivity index (χ3n) is 2.69. The first-order valence-corrected chi connectivity index (χ1v) is 5.80. The number of ether oxygens (including phenoxy) is 1. The molecule has 0 amide bonds. The molecule has 0 saturated carbocycles. The zero-order valence-electron chi connectivity index (χ0n) is 10.3. The summed E-state index contributed by atoms with van der Waals surface area (Å²) in [4.78, 5) is 0. The van der Waals surface area contributed by atoms with Gasteiger partial charge in [-0.2, -0.15) is 5.26 Å². The molecule has 0 aliphatic rings. The predicted molar refractivity (Wildman–Crippen MR) is 67.1 cm³/mol. The topological polar surface area (TPSA) is 33.0 Å². The second kappa shape index (κ2) is 5.66. The van der Waals surface area contributed by atoms with Crippen LogP contribution in [0.4, 0.5) is 13.2 Å². The van der Waals surface area contributed by atoms with Crippen LogP contribution in [0.2, 0.25) is 0 Å². The molecule has 5 heteroatoms. The van der Waals surface area contributed by atoms with E-state index >= 15 is 0 Å². The molecule has 0 N–H and O–H groups in total. The second-order valence-electron chi connectivity index (χ2n) is 4.14. The van der Waals surface area contributed by atoms with Gasteiger partial charge in [0.2, 0.25) is 0 Å². The van der Waals surface area contributed by atoms with Gasteiger partial charge in [-0.1, -0.05) is 30.3 Å². The highest BCUT2D eigenvalue weighted by Gasteiger charge is 2.30. The summed E-state index contributed by atoms with van der Waals surface area (Å²) in [5, 5.41) is 8.97. The van der Waals surface area contributed by atoms with E-state index in [0.717, 1.165) is 11.1 Å². The zero-order valence-corrected chi connectivity index (χ0v) is 10.3. The molecule has 2 aromatic rings. The van der Waals surface area contributed by atoms with E-state index in [9.17, 15) is 13.2 Å². The lowest BCUT2D eigenvalue weighted by Crippen LogP contribution is -2.17. The van der Waals surface area contributed by atoms with Crippen LogP contribution < -0.4 is 4.74 Å². The third kappa shape index (κ3) is 3.75. The van der Waals surface area contributed by atoms with E-state index in [2.05, 4.69) is 10.8 Å². The molecule has 0 heterocycles. The molecule has 0 aliphatic heterocycles. The van der Waals surface area contributed by atoms with E-state index in [4.69, 9.17) is 5.26 Å². The van der Waals surface area contributed by atoms with E-state index in [-0.39, 0.29) is 5.75 Å². The summed E-state index contributed by atoms with van der Waals surface area (Å²) in [7, 11) is 0. The average Bonchev–Trinajstić information content (AvgIpc) is 2.40. The van der Waals surface area contributed by atoms with Crippen LogP contribution in [0.3, 0.4) is 0 Å². The minimum absolute atomic E-state index is 0.255. The molecule has 0 unspecified atom stereocenters. The summed E-state index contributed by atoms with van der Waals surface area (Å²) in [6.07, 6.45) is -4.20. The van der Waals surface area contributed by atoms with Crippen LogP contribution in [0.5, 0.6) is 5.75 Å². The van der Waals surface area contributed by atoms with Gasteiger partial charge in [-0.3, -0.25) is 0 Å². The van der Waals surface area contributed by atoms with Crippen LogP contribution in [0.1, 0.15) is 16.7 Å². The van der Waals surface area contributed by atoms with Crippen molar-refractivity contribution in [1.29, 1.82) is 5.26 Å². The van der Waals surface area contributed by atoms with Gasteiger partial charge in [0, 0.05) is 0 Å². The first-order chi connectivity index (χ1) is 9.48. The normalized spacial score (nSPS) is 10.9. The van der Waals surface area contributed by atoms with Gasteiger partial charge in [-0.25, -0.2) is 0 Å². The fourth-order valence-electron chi connectivity index (χ4n) is 1.81. The SMILES string of the molecule is N#Cc1ccccc1Cc1ccc(OC(F)(F)F)cc1. The molecular formula is C15H10F3NO. The van der Waals surface area contributed by atoms with E-state index in [1.807, 2.05) is 12.1 Å². The molecule has 2 rings (SSSR count). The van der Waals surface area contributed by atoms with Crippen molar-refractivity contribution in [3.8, 4) is 11.8 Å². The number of hydrogen-bond donors (Lipinski definition) is 0. The Hall–Kier alpha value is -2.48. The highest BCUT2D eigenvalue weighted by molar-refractivity contribution is 5.41. The van der Waals surface area contributed by atoms with E-state index in [1.165, 1.54) is 12.1 Å². The second-order valence-corrected chi connectivity index (χ2v) is 4.14. The van der Waals surface area contributed by atoms with Crippen LogP contribution in [0.15, 0.2) is 48.5 Å². The van der Waals surface area contributed by atoms with Crippen molar-refractivity contribution in [2.24, 2.45) is 0 Å². The quantitative estimate of drug-likeness (QED) is 0.848. The van der Waals surface area contributed by atoms with Gasteiger partial charge in [-0.15, -0.1) is 13.2 Å². The number of nitrogens with zero attached hydrogens (tertiary/aromatic N) is 1. The van der Waals surface area contributed by atoms with Gasteiger partial charge < -0.3 is 4.74 Å². The third-order valence-corrected chi connectivity index (χ3v) is 2.69. The molecule has 2 nitrogen and oxygen atoms in total. The summed E-state index contributed by atoms with van der Waals surface area (Å²) in [6.45, 7) is 0. The molecule has 2 aromatic carbocycles. The van der Waals surface area contributed by atoms with Crippen molar-refractivity contribution in [3.63, 3.8) is 0 Å². The Kier molecular flexibility index (Phi) is 3.94. The average molecular weight is 277 g/mol. The first-order valence-electron chi connectivity index (χ1n) is 5.80. The molecule has 0 bridgehead atoms. The maximum absolute atomic E-state index is 12.0. The highest BCUT2D eigenvalue weighted by Crippen LogP contribution is 2.23. The summed E-state index contributed by atoms with van der Waals surface area (Å²) in [5.74, 6) is -0.255. The summed E-state index contributed by atoms with van der Waals surface area (Å²) >= 11 is 0. The van der Waals surface area contributed by atoms with Crippen LogP contribution in [-0.2, 0) is 6.42 Å². The smallest absolute Gasteiger partial charge is 0.406 e. The minimum atomic E-state index is -4.69. The Bertz CT molecular complexity index is 627. The number of benzene rings is 2. The van der Waals surface area contributed by atoms with Crippen LogP contribution in [-0.4, -0.2) is 6.36 Å². The molecule has 0 aliphatic carbocycles. The van der Waals surface area contributed by atoms with Crippen molar-refractivity contribution < 1.29 is 17.9 Å². The van der Waals surface area contributed by atoms with Gasteiger partial charge >= 0.3 is 6.36 Å². The molecule has 0 radical (unpaired) electrons. The standard InChI is InChI=1S/C15H10F3NO/c16-15(17,18)20-14-7-5-11(6-8-14)9-12-3-1-2-4-13(12)10-19/h1-8H,9H2. The molecule has 0 saturated heterocycles. The number of nitriles is 1. The van der Waals surface area contributed by atoms with E-state index in [1.54, 1.807) is 24.3 Å². The summed E-state index contributed by atoms with van der Waals surface area (Å²) in [5.41, 5.74) is 2.20. The minimum Gasteiger partial charge on any atom is -0.406 e. The van der Waals surface area contributed by atoms with Crippen LogP contribution in [0.25, 0.3) is 0 Å². The van der Waals surface area contributed by atoms with E-state index < -0.39 is 6.36 Å². The molecule has 20 heavy (non-hydrogen) atoms. The maximum Gasteiger partial charge on any atom is 0.573 e. The van der Waals surface area contributed by atoms with Gasteiger partial charge in [0.1, 0.15) is 5.75 Å². The Morgan fingerprint density at radius 3 is 2.25 bits per heavy atom. The van der Waals surface area contributed by atoms with Crippen molar-refractivity contribution in [3.05, 3.63) is 65.2 Å². The van der Waals surface area contributed by atoms with Gasteiger partial charge in [0.05, 0.1) is 11.6 Å². The molecule has 0 spiro atoms. The fraction of sp³-hybridized carbons (Fsp3) is 0.133. The van der Waals surface area contributed by atoms with Crippen molar-refractivity contribution in [1.82, 2.24) is 0 Å². The lowest BCUT2D eigenvalue weighted by molar-refractivity contribution is -0.274. The molecule has 102 valence electrons. The van der Waals surface area contributed by atoms with E-state index in [0.29, 0.717) is 12.0 Å². The summed E-state index contributed by atoms with van der Waals surface area (Å²) < 4.78 is 39.9. The number of rotatable bonds is 3. The van der Waals surface area contributed by atoms with Crippen molar-refractivity contribution in [2.75, 3.05) is 0 Å². The Morgan fingerprint density at radius 2 is 1.65 bits per heavy atom. The van der Waals surface area contributed by atoms with Gasteiger partial charge in [0.25, 0.3) is 0 Å². The van der Waals surface area contributed by atoms with Gasteiger partial charge in [-0.05, 0) is 35.7 Å². The first kappa shape index (κ1) is 13.9. The Morgan fingerprint density at radius 1 is 1.00 bits per heavy atom. The maximum atomic E-state index is 12.0. The number of hydrogen-bond acceptors (Lipinski definition) is 2. The summed E-state index contributed by atoms with van der Waals surface area (Å²) in [6, 6.07) is 14.8. The monoisotopic (exact) mass is 277 g/mol. The number of halogens is 3. The lowest BCUT2D eigenvalue weighted by atomic mass is 10.0. The fourth-order valence-corrected chi connectivity index (χ4v) is 1.81. The molecular weight excluding hydrogens is 267 g/mol.